The van der Waals surface area contributed by atoms with E-state index in [1.807, 2.05) is 30.3 Å². The standard InChI is InChI=1S/C36H36O2/c1-33(28-15-7-3-8-16-28)23-35(30-19-11-5-12-20-30)24-34(2,29-17-9-4-10-18-29)26-36(25-33,27-35)32(37)38-31-21-13-6-14-22-31/h3-22H,23-27H2,1-2H3. The van der Waals surface area contributed by atoms with Crippen molar-refractivity contribution in [2.75, 3.05) is 0 Å². The van der Waals surface area contributed by atoms with Crippen LogP contribution in [0.4, 0.5) is 0 Å². The maximum absolute atomic E-state index is 14.5. The number of hydrogen-bond donors (Lipinski definition) is 0. The van der Waals surface area contributed by atoms with Gasteiger partial charge in [0.2, 0.25) is 0 Å². The Balaban J connectivity index is 1.55. The molecule has 0 aromatic heterocycles. The van der Waals surface area contributed by atoms with Crippen LogP contribution in [0.2, 0.25) is 0 Å². The molecule has 2 bridgehead atoms. The number of hydrogen-bond acceptors (Lipinski definition) is 2. The number of carbonyl (C=O) groups excluding carboxylic acids is 1. The number of rotatable bonds is 5. The largest absolute Gasteiger partial charge is 0.426 e. The van der Waals surface area contributed by atoms with E-state index in [1.54, 1.807) is 0 Å². The molecule has 2 saturated carbocycles. The van der Waals surface area contributed by atoms with Gasteiger partial charge in [-0.05, 0) is 77.2 Å². The van der Waals surface area contributed by atoms with Crippen molar-refractivity contribution in [3.8, 4) is 5.75 Å². The lowest BCUT2D eigenvalue weighted by molar-refractivity contribution is -0.159. The number of benzene rings is 4. The molecule has 2 nitrogen and oxygen atoms in total. The molecule has 0 radical (unpaired) electrons. The van der Waals surface area contributed by atoms with E-state index < -0.39 is 5.41 Å². The van der Waals surface area contributed by atoms with Gasteiger partial charge in [0.25, 0.3) is 0 Å². The van der Waals surface area contributed by atoms with Gasteiger partial charge in [-0.1, -0.05) is 123 Å². The first-order valence-electron chi connectivity index (χ1n) is 13.8. The predicted octanol–water partition coefficient (Wildman–Crippen LogP) is 8.41. The Morgan fingerprint density at radius 2 is 0.921 bits per heavy atom. The van der Waals surface area contributed by atoms with Crippen LogP contribution in [0.5, 0.6) is 5.75 Å². The minimum absolute atomic E-state index is 0.0901. The van der Waals surface area contributed by atoms with Crippen LogP contribution >= 0.6 is 0 Å². The van der Waals surface area contributed by atoms with Crippen LogP contribution in [0.3, 0.4) is 0 Å². The molecule has 2 fully saturated rings. The highest BCUT2D eigenvalue weighted by Gasteiger charge is 2.64. The molecule has 2 atom stereocenters. The fourth-order valence-corrected chi connectivity index (χ4v) is 8.24. The van der Waals surface area contributed by atoms with Gasteiger partial charge in [0, 0.05) is 0 Å². The van der Waals surface area contributed by atoms with E-state index in [2.05, 4.69) is 105 Å². The third-order valence-electron chi connectivity index (χ3n) is 9.31. The third-order valence-corrected chi connectivity index (χ3v) is 9.31. The van der Waals surface area contributed by atoms with Crippen LogP contribution in [-0.2, 0) is 21.0 Å². The Morgan fingerprint density at radius 1 is 0.526 bits per heavy atom. The summed E-state index contributed by atoms with van der Waals surface area (Å²) < 4.78 is 6.23. The van der Waals surface area contributed by atoms with E-state index in [0.717, 1.165) is 32.1 Å². The number of para-hydroxylation sites is 1. The summed E-state index contributed by atoms with van der Waals surface area (Å²) in [5.41, 5.74) is 2.83. The van der Waals surface area contributed by atoms with Crippen molar-refractivity contribution >= 4 is 5.97 Å². The molecular weight excluding hydrogens is 464 g/mol. The Labute approximate surface area is 226 Å². The summed E-state index contributed by atoms with van der Waals surface area (Å²) >= 11 is 0. The van der Waals surface area contributed by atoms with E-state index in [9.17, 15) is 4.79 Å². The molecule has 192 valence electrons. The van der Waals surface area contributed by atoms with Gasteiger partial charge in [-0.15, -0.1) is 0 Å². The van der Waals surface area contributed by atoms with Crippen LogP contribution in [0.1, 0.15) is 62.6 Å². The fraction of sp³-hybridized carbons (Fsp3) is 0.306. The maximum atomic E-state index is 14.5. The molecule has 4 aromatic carbocycles. The zero-order chi connectivity index (χ0) is 26.3. The van der Waals surface area contributed by atoms with E-state index in [0.29, 0.717) is 5.75 Å². The molecule has 0 heterocycles. The lowest BCUT2D eigenvalue weighted by Crippen LogP contribution is -2.60. The summed E-state index contributed by atoms with van der Waals surface area (Å²) in [6.45, 7) is 4.74. The van der Waals surface area contributed by atoms with Crippen molar-refractivity contribution in [3.63, 3.8) is 0 Å². The quantitative estimate of drug-likeness (QED) is 0.203. The lowest BCUT2D eigenvalue weighted by Gasteiger charge is -2.62. The minimum Gasteiger partial charge on any atom is -0.426 e. The summed E-state index contributed by atoms with van der Waals surface area (Å²) in [5, 5.41) is 0. The van der Waals surface area contributed by atoms with Gasteiger partial charge in [-0.2, -0.15) is 0 Å². The summed E-state index contributed by atoms with van der Waals surface area (Å²) in [5.74, 6) is 0.531. The van der Waals surface area contributed by atoms with Gasteiger partial charge < -0.3 is 4.74 Å². The van der Waals surface area contributed by atoms with Gasteiger partial charge in [0.15, 0.2) is 0 Å². The molecule has 0 saturated heterocycles. The fourth-order valence-electron chi connectivity index (χ4n) is 8.24. The molecule has 2 heteroatoms. The van der Waals surface area contributed by atoms with Gasteiger partial charge in [0.05, 0.1) is 5.41 Å². The highest BCUT2D eigenvalue weighted by molar-refractivity contribution is 5.81. The second-order valence-corrected chi connectivity index (χ2v) is 12.4. The third kappa shape index (κ3) is 4.26. The van der Waals surface area contributed by atoms with Crippen molar-refractivity contribution in [2.24, 2.45) is 5.41 Å². The Bertz CT molecular complexity index is 1330. The second-order valence-electron chi connectivity index (χ2n) is 12.4. The van der Waals surface area contributed by atoms with E-state index in [4.69, 9.17) is 4.74 Å². The van der Waals surface area contributed by atoms with Crippen LogP contribution in [0.15, 0.2) is 121 Å². The number of carbonyl (C=O) groups is 1. The van der Waals surface area contributed by atoms with Gasteiger partial charge in [-0.25, -0.2) is 0 Å². The van der Waals surface area contributed by atoms with Crippen LogP contribution in [0, 0.1) is 5.41 Å². The molecule has 0 aliphatic heterocycles. The minimum atomic E-state index is -0.628. The maximum Gasteiger partial charge on any atom is 0.317 e. The predicted molar refractivity (Wildman–Crippen MR) is 153 cm³/mol. The first kappa shape index (κ1) is 24.7. The molecule has 2 aliphatic rings. The van der Waals surface area contributed by atoms with Crippen LogP contribution in [-0.4, -0.2) is 5.97 Å². The van der Waals surface area contributed by atoms with Gasteiger partial charge in [0.1, 0.15) is 5.75 Å². The summed E-state index contributed by atoms with van der Waals surface area (Å²) in [4.78, 5) is 14.5. The normalized spacial score (nSPS) is 30.4. The zero-order valence-corrected chi connectivity index (χ0v) is 22.4. The van der Waals surface area contributed by atoms with Crippen molar-refractivity contribution in [3.05, 3.63) is 138 Å². The summed E-state index contributed by atoms with van der Waals surface area (Å²) in [6, 6.07) is 42.2. The van der Waals surface area contributed by atoms with Crippen molar-refractivity contribution in [2.45, 2.75) is 62.2 Å². The molecule has 0 spiro atoms. The van der Waals surface area contributed by atoms with Crippen molar-refractivity contribution in [1.82, 2.24) is 0 Å². The SMILES string of the molecule is CC1(c2ccccc2)CC2(C(=O)Oc3ccccc3)CC(C)(c3ccccc3)CC(c3ccccc3)(C2)C1. The van der Waals surface area contributed by atoms with Gasteiger partial charge >= 0.3 is 5.97 Å². The molecule has 2 aliphatic carbocycles. The molecule has 4 aromatic rings. The first-order valence-corrected chi connectivity index (χ1v) is 13.8. The molecule has 2 unspecified atom stereocenters. The van der Waals surface area contributed by atoms with Crippen LogP contribution in [0.25, 0.3) is 0 Å². The molecule has 6 rings (SSSR count). The first-order chi connectivity index (χ1) is 18.4. The number of esters is 1. The second kappa shape index (κ2) is 9.27. The van der Waals surface area contributed by atoms with Gasteiger partial charge in [-0.3, -0.25) is 4.79 Å². The van der Waals surface area contributed by atoms with Crippen LogP contribution < -0.4 is 4.74 Å². The van der Waals surface area contributed by atoms with E-state index >= 15 is 0 Å². The van der Waals surface area contributed by atoms with Crippen molar-refractivity contribution in [1.29, 1.82) is 0 Å². The summed E-state index contributed by atoms with van der Waals surface area (Å²) in [7, 11) is 0. The van der Waals surface area contributed by atoms with E-state index in [-0.39, 0.29) is 22.2 Å². The zero-order valence-electron chi connectivity index (χ0n) is 22.4. The molecule has 0 N–H and O–H groups in total. The molecular formula is C36H36O2. The Hall–Kier alpha value is -3.65. The number of fused-ring (bicyclic) bond motifs is 2. The smallest absolute Gasteiger partial charge is 0.317 e. The lowest BCUT2D eigenvalue weighted by atomic mass is 9.41. The monoisotopic (exact) mass is 500 g/mol. The summed E-state index contributed by atoms with van der Waals surface area (Å²) in [6.07, 6.45) is 4.34. The van der Waals surface area contributed by atoms with Crippen molar-refractivity contribution < 1.29 is 9.53 Å². The average molecular weight is 501 g/mol. The Kier molecular flexibility index (Phi) is 6.02. The highest BCUT2D eigenvalue weighted by atomic mass is 16.5. The highest BCUT2D eigenvalue weighted by Crippen LogP contribution is 2.67. The number of ether oxygens (including phenoxy) is 1. The average Bonchev–Trinajstić information content (AvgIpc) is 2.94. The topological polar surface area (TPSA) is 26.3 Å². The molecule has 0 amide bonds. The molecule has 38 heavy (non-hydrogen) atoms. The Morgan fingerprint density at radius 3 is 1.37 bits per heavy atom. The van der Waals surface area contributed by atoms with E-state index in [1.165, 1.54) is 16.7 Å².